The van der Waals surface area contributed by atoms with Crippen molar-refractivity contribution in [2.45, 2.75) is 25.3 Å². The summed E-state index contributed by atoms with van der Waals surface area (Å²) in [5, 5.41) is 6.63. The van der Waals surface area contributed by atoms with Gasteiger partial charge in [0.05, 0.1) is 0 Å². The fraction of sp³-hybridized carbons (Fsp3) is 0.385. The van der Waals surface area contributed by atoms with Crippen molar-refractivity contribution in [3.63, 3.8) is 0 Å². The molecular formula is C13H17FN2. The molecule has 1 fully saturated rings. The second kappa shape index (κ2) is 5.12. The highest BCUT2D eigenvalue weighted by molar-refractivity contribution is 5.48. The highest BCUT2D eigenvalue weighted by atomic mass is 19.1. The summed E-state index contributed by atoms with van der Waals surface area (Å²) in [6.07, 6.45) is 3.59. The molecular weight excluding hydrogens is 203 g/mol. The van der Waals surface area contributed by atoms with Gasteiger partial charge < -0.3 is 10.6 Å². The molecule has 3 heteroatoms. The molecule has 1 aliphatic heterocycles. The molecule has 2 N–H and O–H groups in total. The van der Waals surface area contributed by atoms with Gasteiger partial charge in [-0.3, -0.25) is 0 Å². The van der Waals surface area contributed by atoms with Crippen molar-refractivity contribution >= 4 is 5.69 Å². The molecule has 0 aromatic heterocycles. The number of hydrogen-bond acceptors (Lipinski definition) is 2. The first kappa shape index (κ1) is 11.1. The van der Waals surface area contributed by atoms with E-state index in [9.17, 15) is 4.39 Å². The molecule has 86 valence electrons. The molecule has 0 bridgehead atoms. The van der Waals surface area contributed by atoms with E-state index >= 15 is 0 Å². The molecule has 2 rings (SSSR count). The van der Waals surface area contributed by atoms with Crippen molar-refractivity contribution in [1.29, 1.82) is 0 Å². The van der Waals surface area contributed by atoms with E-state index in [0.29, 0.717) is 6.04 Å². The minimum absolute atomic E-state index is 0.216. The van der Waals surface area contributed by atoms with Gasteiger partial charge in [0.25, 0.3) is 0 Å². The Kier molecular flexibility index (Phi) is 3.57. The molecule has 1 aromatic carbocycles. The van der Waals surface area contributed by atoms with Crippen molar-refractivity contribution in [2.24, 2.45) is 0 Å². The molecule has 16 heavy (non-hydrogen) atoms. The summed E-state index contributed by atoms with van der Waals surface area (Å²) in [7, 11) is 0. The number of hydrogen-bond donors (Lipinski definition) is 2. The van der Waals surface area contributed by atoms with Gasteiger partial charge in [-0.2, -0.15) is 0 Å². The zero-order valence-electron chi connectivity index (χ0n) is 9.30. The number of rotatable bonds is 3. The predicted molar refractivity (Wildman–Crippen MR) is 64.8 cm³/mol. The lowest BCUT2D eigenvalue weighted by Crippen LogP contribution is -2.37. The van der Waals surface area contributed by atoms with Crippen molar-refractivity contribution < 1.29 is 4.39 Å². The van der Waals surface area contributed by atoms with Gasteiger partial charge in [0.2, 0.25) is 0 Å². The van der Waals surface area contributed by atoms with Crippen LogP contribution in [0.1, 0.15) is 19.3 Å². The number of nitrogens with one attached hydrogen (secondary N) is 2. The third kappa shape index (κ3) is 2.83. The molecule has 1 saturated heterocycles. The summed E-state index contributed by atoms with van der Waals surface area (Å²) in [6, 6.07) is 6.68. The number of halogens is 1. The van der Waals surface area contributed by atoms with E-state index in [1.807, 2.05) is 0 Å². The first-order valence-corrected chi connectivity index (χ1v) is 5.70. The number of anilines is 1. The summed E-state index contributed by atoms with van der Waals surface area (Å²) in [6.45, 7) is 5.08. The minimum Gasteiger partial charge on any atom is -0.358 e. The molecule has 0 spiro atoms. The Labute approximate surface area is 95.6 Å². The van der Waals surface area contributed by atoms with Gasteiger partial charge in [-0.1, -0.05) is 13.0 Å². The largest absolute Gasteiger partial charge is 0.358 e. The molecule has 0 amide bonds. The van der Waals surface area contributed by atoms with E-state index in [0.717, 1.165) is 24.4 Å². The molecule has 0 unspecified atom stereocenters. The zero-order chi connectivity index (χ0) is 11.4. The van der Waals surface area contributed by atoms with Crippen LogP contribution in [0.3, 0.4) is 0 Å². The van der Waals surface area contributed by atoms with Crippen LogP contribution in [0.25, 0.3) is 0 Å². The van der Waals surface area contributed by atoms with Crippen LogP contribution in [0.2, 0.25) is 0 Å². The van der Waals surface area contributed by atoms with Gasteiger partial charge in [-0.25, -0.2) is 4.39 Å². The van der Waals surface area contributed by atoms with Crippen LogP contribution in [0.5, 0.6) is 0 Å². The zero-order valence-corrected chi connectivity index (χ0v) is 9.30. The Morgan fingerprint density at radius 1 is 1.31 bits per heavy atom. The van der Waals surface area contributed by atoms with Crippen molar-refractivity contribution in [3.8, 4) is 0 Å². The Hall–Kier alpha value is -1.35. The Bertz CT molecular complexity index is 353. The van der Waals surface area contributed by atoms with Crippen LogP contribution in [0, 0.1) is 5.82 Å². The fourth-order valence-electron chi connectivity index (χ4n) is 1.95. The summed E-state index contributed by atoms with van der Waals surface area (Å²) in [5.74, 6) is -0.216. The summed E-state index contributed by atoms with van der Waals surface area (Å²) < 4.78 is 12.7. The van der Waals surface area contributed by atoms with Gasteiger partial charge in [-0.15, -0.1) is 0 Å². The quantitative estimate of drug-likeness (QED) is 0.818. The normalized spacial score (nSPS) is 20.4. The van der Waals surface area contributed by atoms with Gasteiger partial charge in [0.15, 0.2) is 0 Å². The van der Waals surface area contributed by atoms with Crippen LogP contribution >= 0.6 is 0 Å². The predicted octanol–water partition coefficient (Wildman–Crippen LogP) is 2.89. The second-order valence-electron chi connectivity index (χ2n) is 4.16. The first-order chi connectivity index (χ1) is 7.75. The maximum absolute atomic E-state index is 12.7. The van der Waals surface area contributed by atoms with E-state index in [-0.39, 0.29) is 5.82 Å². The molecule has 1 aromatic rings. The lowest BCUT2D eigenvalue weighted by Gasteiger charge is -2.26. The van der Waals surface area contributed by atoms with Crippen LogP contribution < -0.4 is 10.6 Å². The molecule has 1 heterocycles. The SMILES string of the molecule is C=C(Nc1ccc(F)cc1)[C@@H]1CCCCN1. The second-order valence-corrected chi connectivity index (χ2v) is 4.16. The van der Waals surface area contributed by atoms with Gasteiger partial charge >= 0.3 is 0 Å². The van der Waals surface area contributed by atoms with Gasteiger partial charge in [0, 0.05) is 17.4 Å². The van der Waals surface area contributed by atoms with Gasteiger partial charge in [-0.05, 0) is 43.7 Å². The molecule has 1 atom stereocenters. The van der Waals surface area contributed by atoms with Crippen LogP contribution in [-0.2, 0) is 0 Å². The van der Waals surface area contributed by atoms with E-state index in [1.54, 1.807) is 12.1 Å². The van der Waals surface area contributed by atoms with E-state index in [1.165, 1.54) is 25.0 Å². The Morgan fingerprint density at radius 3 is 2.69 bits per heavy atom. The lowest BCUT2D eigenvalue weighted by atomic mass is 10.0. The van der Waals surface area contributed by atoms with Crippen LogP contribution in [0.15, 0.2) is 36.5 Å². The molecule has 1 aliphatic rings. The average molecular weight is 220 g/mol. The highest BCUT2D eigenvalue weighted by Gasteiger charge is 2.15. The monoisotopic (exact) mass is 220 g/mol. The molecule has 0 saturated carbocycles. The first-order valence-electron chi connectivity index (χ1n) is 5.70. The summed E-state index contributed by atoms with van der Waals surface area (Å²) in [4.78, 5) is 0. The number of piperidine rings is 1. The Morgan fingerprint density at radius 2 is 2.06 bits per heavy atom. The van der Waals surface area contributed by atoms with E-state index < -0.39 is 0 Å². The standard InChI is InChI=1S/C13H17FN2/c1-10(13-4-2-3-9-15-13)16-12-7-5-11(14)6-8-12/h5-8,13,15-16H,1-4,9H2/t13-/m0/s1. The topological polar surface area (TPSA) is 24.1 Å². The molecule has 0 radical (unpaired) electrons. The average Bonchev–Trinajstić information content (AvgIpc) is 2.33. The van der Waals surface area contributed by atoms with Gasteiger partial charge in [0.1, 0.15) is 5.82 Å². The molecule has 0 aliphatic carbocycles. The minimum atomic E-state index is -0.216. The highest BCUT2D eigenvalue weighted by Crippen LogP contribution is 2.17. The van der Waals surface area contributed by atoms with Crippen molar-refractivity contribution in [2.75, 3.05) is 11.9 Å². The van der Waals surface area contributed by atoms with E-state index in [2.05, 4.69) is 17.2 Å². The third-order valence-corrected chi connectivity index (χ3v) is 2.88. The third-order valence-electron chi connectivity index (χ3n) is 2.88. The fourth-order valence-corrected chi connectivity index (χ4v) is 1.95. The summed E-state index contributed by atoms with van der Waals surface area (Å²) in [5.41, 5.74) is 1.85. The van der Waals surface area contributed by atoms with Crippen molar-refractivity contribution in [1.82, 2.24) is 5.32 Å². The van der Waals surface area contributed by atoms with E-state index in [4.69, 9.17) is 0 Å². The molecule has 2 nitrogen and oxygen atoms in total. The van der Waals surface area contributed by atoms with Crippen LogP contribution in [0.4, 0.5) is 10.1 Å². The number of benzene rings is 1. The smallest absolute Gasteiger partial charge is 0.123 e. The maximum atomic E-state index is 12.7. The maximum Gasteiger partial charge on any atom is 0.123 e. The lowest BCUT2D eigenvalue weighted by molar-refractivity contribution is 0.442. The summed E-state index contributed by atoms with van der Waals surface area (Å²) >= 11 is 0. The van der Waals surface area contributed by atoms with Crippen molar-refractivity contribution in [3.05, 3.63) is 42.4 Å². The Balaban J connectivity index is 1.93. The van der Waals surface area contributed by atoms with Crippen LogP contribution in [-0.4, -0.2) is 12.6 Å².